The van der Waals surface area contributed by atoms with Crippen molar-refractivity contribution in [2.45, 2.75) is 32.8 Å². The minimum atomic E-state index is -1.06. The topological polar surface area (TPSA) is 127 Å². The summed E-state index contributed by atoms with van der Waals surface area (Å²) in [5, 5.41) is 23.3. The number of aromatic hydroxyl groups is 1. The van der Waals surface area contributed by atoms with Gasteiger partial charge in [0.05, 0.1) is 6.61 Å². The molecule has 5 N–H and O–H groups in total. The maximum atomic E-state index is 12.5. The zero-order valence-corrected chi connectivity index (χ0v) is 15.6. The molecule has 0 aromatic heterocycles. The van der Waals surface area contributed by atoms with Gasteiger partial charge in [-0.05, 0) is 37.5 Å². The SMILES string of the molecule is CCNc1cc(O)c2c(c1)/C=C/CC[C@H](O)C(=O)/C=C\[C@@H](C)COC2=O.O. The Morgan fingerprint density at radius 3 is 2.70 bits per heavy atom. The van der Waals surface area contributed by atoms with E-state index in [2.05, 4.69) is 5.32 Å². The second kappa shape index (κ2) is 10.5. The van der Waals surface area contributed by atoms with Gasteiger partial charge in [-0.3, -0.25) is 4.79 Å². The van der Waals surface area contributed by atoms with Crippen molar-refractivity contribution < 1.29 is 30.0 Å². The molecule has 0 unspecified atom stereocenters. The number of phenolic OH excluding ortho intramolecular Hbond substituents is 1. The first-order valence-corrected chi connectivity index (χ1v) is 8.77. The lowest BCUT2D eigenvalue weighted by Gasteiger charge is -2.14. The fraction of sp³-hybridized carbons (Fsp3) is 0.400. The molecule has 0 spiro atoms. The lowest BCUT2D eigenvalue weighted by atomic mass is 10.0. The highest BCUT2D eigenvalue weighted by Crippen LogP contribution is 2.29. The Morgan fingerprint density at radius 2 is 2.00 bits per heavy atom. The Balaban J connectivity index is 0.00000364. The van der Waals surface area contributed by atoms with Gasteiger partial charge in [-0.15, -0.1) is 0 Å². The normalized spacial score (nSPS) is 23.2. The number of aliphatic hydroxyl groups is 1. The molecule has 7 heteroatoms. The van der Waals surface area contributed by atoms with Crippen LogP contribution in [-0.4, -0.2) is 46.7 Å². The summed E-state index contributed by atoms with van der Waals surface area (Å²) in [6, 6.07) is 3.25. The number of ether oxygens (including phenoxy) is 1. The Kier molecular flexibility index (Phi) is 8.71. The van der Waals surface area contributed by atoms with Crippen molar-refractivity contribution in [2.24, 2.45) is 5.92 Å². The molecule has 0 saturated heterocycles. The number of carbonyl (C=O) groups is 2. The first kappa shape index (κ1) is 22.4. The number of carbonyl (C=O) groups excluding carboxylic acids is 2. The first-order chi connectivity index (χ1) is 12.4. The first-order valence-electron chi connectivity index (χ1n) is 8.77. The smallest absolute Gasteiger partial charge is 0.342 e. The summed E-state index contributed by atoms with van der Waals surface area (Å²) in [5.74, 6) is -1.33. The highest BCUT2D eigenvalue weighted by molar-refractivity contribution is 5.97. The van der Waals surface area contributed by atoms with Gasteiger partial charge in [0.1, 0.15) is 17.4 Å². The van der Waals surface area contributed by atoms with Crippen molar-refractivity contribution in [1.82, 2.24) is 0 Å². The molecule has 1 aromatic carbocycles. The van der Waals surface area contributed by atoms with Gasteiger partial charge in [-0.1, -0.05) is 25.2 Å². The zero-order valence-electron chi connectivity index (χ0n) is 15.6. The van der Waals surface area contributed by atoms with Crippen molar-refractivity contribution in [3.05, 3.63) is 41.5 Å². The number of esters is 1. The van der Waals surface area contributed by atoms with Crippen LogP contribution in [0.15, 0.2) is 30.4 Å². The molecule has 148 valence electrons. The summed E-state index contributed by atoms with van der Waals surface area (Å²) >= 11 is 0. The molecule has 1 aliphatic rings. The van der Waals surface area contributed by atoms with Crippen LogP contribution in [0.1, 0.15) is 42.6 Å². The highest BCUT2D eigenvalue weighted by atomic mass is 16.5. The van der Waals surface area contributed by atoms with Gasteiger partial charge in [0.15, 0.2) is 5.78 Å². The number of fused-ring (bicyclic) bond motifs is 1. The number of allylic oxidation sites excluding steroid dienone is 1. The van der Waals surface area contributed by atoms with Gasteiger partial charge in [0, 0.05) is 24.2 Å². The second-order valence-electron chi connectivity index (χ2n) is 6.32. The lowest BCUT2D eigenvalue weighted by molar-refractivity contribution is -0.122. The van der Waals surface area contributed by atoms with Crippen molar-refractivity contribution in [3.8, 4) is 5.75 Å². The van der Waals surface area contributed by atoms with Crippen molar-refractivity contribution in [1.29, 1.82) is 0 Å². The van der Waals surface area contributed by atoms with Crippen LogP contribution in [0.25, 0.3) is 6.08 Å². The number of hydrogen-bond acceptors (Lipinski definition) is 6. The summed E-state index contributed by atoms with van der Waals surface area (Å²) in [4.78, 5) is 24.3. The molecule has 7 nitrogen and oxygen atoms in total. The molecular formula is C20H27NO6. The lowest BCUT2D eigenvalue weighted by Crippen LogP contribution is -2.18. The number of benzene rings is 1. The molecular weight excluding hydrogens is 350 g/mol. The molecule has 0 fully saturated rings. The predicted molar refractivity (Wildman–Crippen MR) is 104 cm³/mol. The van der Waals surface area contributed by atoms with Gasteiger partial charge in [-0.25, -0.2) is 4.79 Å². The Morgan fingerprint density at radius 1 is 1.26 bits per heavy atom. The molecule has 1 aliphatic heterocycles. The van der Waals surface area contributed by atoms with Gasteiger partial charge < -0.3 is 25.7 Å². The van der Waals surface area contributed by atoms with Crippen LogP contribution in [0, 0.1) is 5.92 Å². The quantitative estimate of drug-likeness (QED) is 0.677. The Hall–Kier alpha value is -2.64. The number of hydrogen-bond donors (Lipinski definition) is 3. The molecule has 2 atom stereocenters. The van der Waals surface area contributed by atoms with E-state index < -0.39 is 12.1 Å². The van der Waals surface area contributed by atoms with E-state index in [-0.39, 0.29) is 41.5 Å². The van der Waals surface area contributed by atoms with Crippen LogP contribution in [0.4, 0.5) is 5.69 Å². The van der Waals surface area contributed by atoms with Crippen LogP contribution < -0.4 is 5.32 Å². The average Bonchev–Trinajstić information content (AvgIpc) is 2.60. The number of anilines is 1. The standard InChI is InChI=1S/C20H25NO5.H2O/c1-3-21-15-10-14-6-4-5-7-16(22)17(23)9-8-13(2)12-26-20(25)19(14)18(24)11-15;/h4,6,8-11,13,16,21-22,24H,3,5,7,12H2,1-2H3;1H2/b6-4+,9-8-;/t13-,16+;/m1./s1. The van der Waals surface area contributed by atoms with E-state index in [0.29, 0.717) is 24.2 Å². The molecule has 0 bridgehead atoms. The fourth-order valence-corrected chi connectivity index (χ4v) is 2.62. The van der Waals surface area contributed by atoms with Crippen molar-refractivity contribution in [3.63, 3.8) is 0 Å². The maximum absolute atomic E-state index is 12.5. The Labute approximate surface area is 158 Å². The van der Waals surface area contributed by atoms with Gasteiger partial charge in [0.25, 0.3) is 0 Å². The van der Waals surface area contributed by atoms with Crippen molar-refractivity contribution >= 4 is 23.5 Å². The van der Waals surface area contributed by atoms with Crippen LogP contribution in [0.3, 0.4) is 0 Å². The fourth-order valence-electron chi connectivity index (χ4n) is 2.62. The predicted octanol–water partition coefficient (Wildman–Crippen LogP) is 2.09. The van der Waals surface area contributed by atoms with Crippen LogP contribution in [-0.2, 0) is 9.53 Å². The van der Waals surface area contributed by atoms with Crippen LogP contribution in [0.5, 0.6) is 5.75 Å². The number of phenols is 1. The van der Waals surface area contributed by atoms with Gasteiger partial charge in [-0.2, -0.15) is 0 Å². The number of cyclic esters (lactones) is 1. The van der Waals surface area contributed by atoms with E-state index >= 15 is 0 Å². The summed E-state index contributed by atoms with van der Waals surface area (Å²) in [7, 11) is 0. The number of aliphatic hydroxyl groups excluding tert-OH is 1. The van der Waals surface area contributed by atoms with E-state index in [1.54, 1.807) is 31.2 Å². The molecule has 2 rings (SSSR count). The third-order valence-electron chi connectivity index (χ3n) is 4.03. The van der Waals surface area contributed by atoms with E-state index in [1.165, 1.54) is 12.1 Å². The molecule has 1 aromatic rings. The molecule has 0 saturated carbocycles. The summed E-state index contributed by atoms with van der Waals surface area (Å²) in [6.07, 6.45) is 6.07. The molecule has 1 heterocycles. The number of rotatable bonds is 2. The van der Waals surface area contributed by atoms with Gasteiger partial charge >= 0.3 is 5.97 Å². The molecule has 0 aliphatic carbocycles. The van der Waals surface area contributed by atoms with E-state index in [9.17, 15) is 19.8 Å². The largest absolute Gasteiger partial charge is 0.507 e. The van der Waals surface area contributed by atoms with E-state index in [4.69, 9.17) is 4.74 Å². The van der Waals surface area contributed by atoms with E-state index in [1.807, 2.05) is 6.92 Å². The zero-order chi connectivity index (χ0) is 19.1. The molecule has 0 amide bonds. The van der Waals surface area contributed by atoms with Gasteiger partial charge in [0.2, 0.25) is 0 Å². The molecule has 27 heavy (non-hydrogen) atoms. The molecule has 0 radical (unpaired) electrons. The monoisotopic (exact) mass is 377 g/mol. The summed E-state index contributed by atoms with van der Waals surface area (Å²) < 4.78 is 5.29. The van der Waals surface area contributed by atoms with E-state index in [0.717, 1.165) is 0 Å². The second-order valence-corrected chi connectivity index (χ2v) is 6.32. The number of ketones is 1. The number of nitrogens with one attached hydrogen (secondary N) is 1. The minimum absolute atomic E-state index is 0. The van der Waals surface area contributed by atoms with Crippen LogP contribution in [0.2, 0.25) is 0 Å². The Bertz CT molecular complexity index is 725. The van der Waals surface area contributed by atoms with Crippen molar-refractivity contribution in [2.75, 3.05) is 18.5 Å². The third-order valence-corrected chi connectivity index (χ3v) is 4.03. The minimum Gasteiger partial charge on any atom is -0.507 e. The summed E-state index contributed by atoms with van der Waals surface area (Å²) in [5.41, 5.74) is 1.31. The summed E-state index contributed by atoms with van der Waals surface area (Å²) in [6.45, 7) is 4.46. The third kappa shape index (κ3) is 6.23. The average molecular weight is 377 g/mol. The highest BCUT2D eigenvalue weighted by Gasteiger charge is 2.19. The van der Waals surface area contributed by atoms with Crippen LogP contribution >= 0.6 is 0 Å². The maximum Gasteiger partial charge on any atom is 0.342 e.